The summed E-state index contributed by atoms with van der Waals surface area (Å²) in [6.07, 6.45) is 3.79. The van der Waals surface area contributed by atoms with Crippen LogP contribution in [0.1, 0.15) is 70.9 Å². The lowest BCUT2D eigenvalue weighted by Gasteiger charge is -2.31. The third kappa shape index (κ3) is 5.17. The van der Waals surface area contributed by atoms with Gasteiger partial charge in [0, 0.05) is 42.0 Å². The lowest BCUT2D eigenvalue weighted by molar-refractivity contribution is 0.0191. The van der Waals surface area contributed by atoms with E-state index in [2.05, 4.69) is 15.0 Å². The highest BCUT2D eigenvalue weighted by Gasteiger charge is 2.48. The van der Waals surface area contributed by atoms with Gasteiger partial charge in [-0.05, 0) is 56.4 Å². The van der Waals surface area contributed by atoms with Crippen molar-refractivity contribution >= 4 is 71.8 Å². The molecule has 3 aliphatic carbocycles. The van der Waals surface area contributed by atoms with Crippen LogP contribution in [-0.2, 0) is 14.8 Å². The second kappa shape index (κ2) is 10.6. The van der Waals surface area contributed by atoms with E-state index < -0.39 is 33.0 Å². The van der Waals surface area contributed by atoms with Gasteiger partial charge in [-0.25, -0.2) is 27.3 Å². The van der Waals surface area contributed by atoms with Crippen LogP contribution in [0.3, 0.4) is 0 Å². The number of hydrogen-bond acceptors (Lipinski definition) is 10. The zero-order valence-electron chi connectivity index (χ0n) is 23.5. The van der Waals surface area contributed by atoms with Crippen molar-refractivity contribution in [3.63, 3.8) is 0 Å². The number of nitrogens with one attached hydrogen (secondary N) is 1. The van der Waals surface area contributed by atoms with Gasteiger partial charge in [0.05, 0.1) is 20.0 Å². The van der Waals surface area contributed by atoms with Gasteiger partial charge >= 0.3 is 5.97 Å². The van der Waals surface area contributed by atoms with Crippen LogP contribution in [0, 0.1) is 11.7 Å². The maximum Gasteiger partial charge on any atom is 0.344 e. The quantitative estimate of drug-likeness (QED) is 0.211. The number of carbonyl (C=O) groups excluding carboxylic acids is 2. The number of thiazole rings is 1. The fraction of sp³-hybridized carbons (Fsp3) is 0.400. The number of hydrogen-bond donors (Lipinski definition) is 1. The van der Waals surface area contributed by atoms with Gasteiger partial charge < -0.3 is 14.2 Å². The van der Waals surface area contributed by atoms with Crippen LogP contribution in [0.2, 0.25) is 10.0 Å². The first-order valence-electron chi connectivity index (χ1n) is 14.6. The second-order valence-electron chi connectivity index (χ2n) is 12.1. The smallest absolute Gasteiger partial charge is 0.344 e. The Kier molecular flexibility index (Phi) is 6.90. The van der Waals surface area contributed by atoms with Gasteiger partial charge in [-0.2, -0.15) is 0 Å². The zero-order chi connectivity index (χ0) is 31.2. The molecule has 3 unspecified atom stereocenters. The van der Waals surface area contributed by atoms with Crippen molar-refractivity contribution < 1.29 is 31.7 Å². The molecule has 0 radical (unpaired) electrons. The molecule has 8 rings (SSSR count). The first-order chi connectivity index (χ1) is 21.6. The highest BCUT2D eigenvalue weighted by Crippen LogP contribution is 2.48. The number of carbonyl (C=O) groups is 2. The molecule has 0 spiro atoms. The number of piperidine rings is 1. The molecule has 1 N–H and O–H groups in total. The predicted octanol–water partition coefficient (Wildman–Crippen LogP) is 6.32. The summed E-state index contributed by atoms with van der Waals surface area (Å²) in [5, 5.41) is 4.92. The fourth-order valence-corrected chi connectivity index (χ4v) is 9.36. The van der Waals surface area contributed by atoms with Crippen LogP contribution in [0.4, 0.5) is 9.52 Å². The summed E-state index contributed by atoms with van der Waals surface area (Å²) in [4.78, 5) is 32.9. The average Bonchev–Trinajstić information content (AvgIpc) is 3.86. The minimum atomic E-state index is -3.77. The van der Waals surface area contributed by atoms with Crippen molar-refractivity contribution in [2.45, 2.75) is 61.8 Å². The molecule has 10 nitrogen and oxygen atoms in total. The number of benzene rings is 2. The summed E-state index contributed by atoms with van der Waals surface area (Å²) in [6, 6.07) is 7.57. The van der Waals surface area contributed by atoms with Crippen molar-refractivity contribution in [2.24, 2.45) is 5.92 Å². The standard InChI is InChI=1S/C30H25Cl2FN4O6S2/c31-18-2-1-3-19(32)23(18)26-24(27(43-35-26)13-4-5-13)29(39)42-21-11-16-8-15(21)12-37(16)30-34-25-20(33)9-14(10-22(25)44-30)28(38)36-45(40,41)17-6-7-17/h1-3,9-10,13,15-17,21H,4-8,11-12H2,(H,36,38). The number of aromatic nitrogens is 2. The highest BCUT2D eigenvalue weighted by atomic mass is 35.5. The van der Waals surface area contributed by atoms with E-state index >= 15 is 4.39 Å². The number of amides is 1. The fourth-order valence-electron chi connectivity index (χ4n) is 6.38. The Bertz CT molecular complexity index is 1990. The van der Waals surface area contributed by atoms with Crippen LogP contribution in [0.15, 0.2) is 34.9 Å². The number of esters is 1. The lowest BCUT2D eigenvalue weighted by Crippen LogP contribution is -2.39. The molecule has 1 aliphatic heterocycles. The molecule has 2 aromatic heterocycles. The number of rotatable bonds is 8. The van der Waals surface area contributed by atoms with E-state index in [9.17, 15) is 18.0 Å². The molecule has 3 heterocycles. The molecule has 15 heteroatoms. The molecular formula is C30H25Cl2FN4O6S2. The van der Waals surface area contributed by atoms with Crippen molar-refractivity contribution in [1.29, 1.82) is 0 Å². The summed E-state index contributed by atoms with van der Waals surface area (Å²) in [7, 11) is -3.77. The number of sulfonamides is 1. The molecule has 4 aromatic rings. The molecule has 1 saturated heterocycles. The van der Waals surface area contributed by atoms with Gasteiger partial charge in [0.15, 0.2) is 16.7 Å². The van der Waals surface area contributed by atoms with E-state index in [0.717, 1.165) is 25.3 Å². The SMILES string of the molecule is O=C(NS(=O)(=O)C1CC1)c1cc(F)c2nc(N3CC4CC3CC4OC(=O)c3c(-c4c(Cl)cccc4Cl)noc3C3CC3)sc2c1. The van der Waals surface area contributed by atoms with Crippen LogP contribution < -0.4 is 9.62 Å². The number of nitrogens with zero attached hydrogens (tertiary/aromatic N) is 3. The summed E-state index contributed by atoms with van der Waals surface area (Å²) < 4.78 is 53.7. The van der Waals surface area contributed by atoms with Crippen LogP contribution in [-0.4, -0.2) is 54.4 Å². The molecule has 3 atom stereocenters. The summed E-state index contributed by atoms with van der Waals surface area (Å²) in [6.45, 7) is 0.555. The normalized spacial score (nSPS) is 22.7. The van der Waals surface area contributed by atoms with Gasteiger partial charge in [-0.15, -0.1) is 0 Å². The molecule has 2 bridgehead atoms. The molecular weight excluding hydrogens is 666 g/mol. The maximum atomic E-state index is 15.0. The van der Waals surface area contributed by atoms with Crippen molar-refractivity contribution in [3.8, 4) is 11.3 Å². The van der Waals surface area contributed by atoms with Crippen LogP contribution in [0.25, 0.3) is 21.5 Å². The number of ether oxygens (including phenoxy) is 1. The van der Waals surface area contributed by atoms with E-state index in [0.29, 0.717) is 57.0 Å². The topological polar surface area (TPSA) is 132 Å². The minimum Gasteiger partial charge on any atom is -0.458 e. The van der Waals surface area contributed by atoms with Gasteiger partial charge in [-0.1, -0.05) is 45.8 Å². The Morgan fingerprint density at radius 2 is 1.87 bits per heavy atom. The summed E-state index contributed by atoms with van der Waals surface area (Å²) in [5.74, 6) is -1.47. The molecule has 234 valence electrons. The lowest BCUT2D eigenvalue weighted by atomic mass is 10.0. The van der Waals surface area contributed by atoms with E-state index in [1.165, 1.54) is 17.4 Å². The molecule has 4 aliphatic rings. The Morgan fingerprint density at radius 1 is 1.11 bits per heavy atom. The second-order valence-corrected chi connectivity index (χ2v) is 15.9. The number of anilines is 1. The van der Waals surface area contributed by atoms with Crippen molar-refractivity contribution in [2.75, 3.05) is 11.4 Å². The Morgan fingerprint density at radius 3 is 2.53 bits per heavy atom. The molecule has 3 saturated carbocycles. The Hall–Kier alpha value is -3.26. The van der Waals surface area contributed by atoms with Crippen LogP contribution >= 0.6 is 34.5 Å². The van der Waals surface area contributed by atoms with E-state index in [4.69, 9.17) is 32.5 Å². The summed E-state index contributed by atoms with van der Waals surface area (Å²) >= 11 is 14.1. The number of fused-ring (bicyclic) bond motifs is 3. The number of halogens is 3. The van der Waals surface area contributed by atoms with Gasteiger partial charge in [-0.3, -0.25) is 4.79 Å². The molecule has 4 fully saturated rings. The van der Waals surface area contributed by atoms with Gasteiger partial charge in [0.25, 0.3) is 5.91 Å². The van der Waals surface area contributed by atoms with E-state index in [1.54, 1.807) is 18.2 Å². The average molecular weight is 692 g/mol. The van der Waals surface area contributed by atoms with Gasteiger partial charge in [0.2, 0.25) is 10.0 Å². The minimum absolute atomic E-state index is 0.0192. The molecule has 1 amide bonds. The predicted molar refractivity (Wildman–Crippen MR) is 166 cm³/mol. The summed E-state index contributed by atoms with van der Waals surface area (Å²) in [5.41, 5.74) is 1.01. The Balaban J connectivity index is 0.995. The van der Waals surface area contributed by atoms with Gasteiger partial charge in [0.1, 0.15) is 22.9 Å². The first-order valence-corrected chi connectivity index (χ1v) is 17.8. The van der Waals surface area contributed by atoms with E-state index in [1.807, 2.05) is 4.72 Å². The zero-order valence-corrected chi connectivity index (χ0v) is 26.6. The molecule has 2 aromatic carbocycles. The van der Waals surface area contributed by atoms with E-state index in [-0.39, 0.29) is 46.3 Å². The third-order valence-electron chi connectivity index (χ3n) is 8.95. The third-order valence-corrected chi connectivity index (χ3v) is 12.4. The van der Waals surface area contributed by atoms with Crippen LogP contribution in [0.5, 0.6) is 0 Å². The van der Waals surface area contributed by atoms with Crippen molar-refractivity contribution in [1.82, 2.24) is 14.9 Å². The maximum absolute atomic E-state index is 15.0. The largest absolute Gasteiger partial charge is 0.458 e. The Labute approximate surface area is 270 Å². The highest BCUT2D eigenvalue weighted by molar-refractivity contribution is 7.91. The monoisotopic (exact) mass is 690 g/mol. The van der Waals surface area contributed by atoms with Crippen molar-refractivity contribution in [3.05, 3.63) is 63.1 Å². The molecule has 45 heavy (non-hydrogen) atoms. The first kappa shape index (κ1) is 29.2.